The van der Waals surface area contributed by atoms with Crippen molar-refractivity contribution in [2.24, 2.45) is 5.92 Å². The number of nitrogens with one attached hydrogen (secondary N) is 2. The van der Waals surface area contributed by atoms with Crippen molar-refractivity contribution < 1.29 is 14.4 Å². The van der Waals surface area contributed by atoms with E-state index >= 15 is 0 Å². The third kappa shape index (κ3) is 6.78. The molecule has 2 aromatic carbocycles. The smallest absolute Gasteiger partial charge is 0.238 e. The third-order valence-corrected chi connectivity index (χ3v) is 6.23. The molecule has 4 aromatic rings. The number of ketones is 1. The zero-order chi connectivity index (χ0) is 26.2. The van der Waals surface area contributed by atoms with Gasteiger partial charge in [-0.15, -0.1) is 0 Å². The van der Waals surface area contributed by atoms with Crippen LogP contribution in [0.1, 0.15) is 28.3 Å². The van der Waals surface area contributed by atoms with E-state index in [2.05, 4.69) is 20.6 Å². The average Bonchev–Trinajstić information content (AvgIpc) is 2.90. The summed E-state index contributed by atoms with van der Waals surface area (Å²) in [5.74, 6) is -3.32. The summed E-state index contributed by atoms with van der Waals surface area (Å²) in [4.78, 5) is 48.9. The van der Waals surface area contributed by atoms with Crippen molar-refractivity contribution in [3.05, 3.63) is 118 Å². The lowest BCUT2D eigenvalue weighted by molar-refractivity contribution is -0.130. The van der Waals surface area contributed by atoms with Crippen LogP contribution in [0.25, 0.3) is 0 Å². The fourth-order valence-electron chi connectivity index (χ4n) is 3.92. The Labute approximate surface area is 223 Å². The molecule has 0 radical (unpaired) electrons. The largest absolute Gasteiger partial charge is 0.310 e. The van der Waals surface area contributed by atoms with Gasteiger partial charge in [0.1, 0.15) is 17.6 Å². The number of rotatable bonds is 9. The summed E-state index contributed by atoms with van der Waals surface area (Å²) in [6.45, 7) is 0. The lowest BCUT2D eigenvalue weighted by Gasteiger charge is -2.26. The number of nitrogens with zero attached hydrogens (tertiary/aromatic N) is 2. The summed E-state index contributed by atoms with van der Waals surface area (Å²) < 4.78 is 0. The van der Waals surface area contributed by atoms with Crippen molar-refractivity contribution in [1.29, 1.82) is 0 Å². The Morgan fingerprint density at radius 2 is 1.30 bits per heavy atom. The molecule has 4 rings (SSSR count). The maximum Gasteiger partial charge on any atom is 0.238 e. The number of benzene rings is 2. The number of carbonyl (C=O) groups excluding carboxylic acids is 3. The predicted octanol–water partition coefficient (Wildman–Crippen LogP) is 6.03. The molecule has 2 N–H and O–H groups in total. The average molecular weight is 533 g/mol. The van der Waals surface area contributed by atoms with Gasteiger partial charge in [0.05, 0.1) is 0 Å². The number of pyridine rings is 2. The molecule has 7 nitrogen and oxygen atoms in total. The summed E-state index contributed by atoms with van der Waals surface area (Å²) >= 11 is 12.7. The molecule has 37 heavy (non-hydrogen) atoms. The highest BCUT2D eigenvalue weighted by atomic mass is 35.5. The van der Waals surface area contributed by atoms with E-state index in [0.29, 0.717) is 16.1 Å². The molecule has 1 atom stereocenters. The first-order chi connectivity index (χ1) is 17.9. The van der Waals surface area contributed by atoms with Crippen LogP contribution in [0.4, 0.5) is 11.6 Å². The Morgan fingerprint density at radius 3 is 1.81 bits per heavy atom. The van der Waals surface area contributed by atoms with Gasteiger partial charge in [-0.2, -0.15) is 0 Å². The minimum atomic E-state index is -1.37. The number of hydrogen-bond acceptors (Lipinski definition) is 5. The van der Waals surface area contributed by atoms with Crippen LogP contribution in [0, 0.1) is 5.92 Å². The zero-order valence-electron chi connectivity index (χ0n) is 19.5. The first-order valence-electron chi connectivity index (χ1n) is 11.4. The van der Waals surface area contributed by atoms with Gasteiger partial charge in [0.15, 0.2) is 5.78 Å². The standard InChI is InChI=1S/C28H22Cl2N4O3/c29-19-12-13-20(22(30)16-19)21(17-23(35)18-8-2-1-3-9-18)26(27(36)33-24-10-4-6-14-31-24)28(37)34-25-11-5-7-15-32-25/h1-16,21,26H,17H2,(H,31,33,36)(H,32,34,37). The van der Waals surface area contributed by atoms with Crippen LogP contribution in [0.2, 0.25) is 10.0 Å². The van der Waals surface area contributed by atoms with Gasteiger partial charge in [-0.25, -0.2) is 9.97 Å². The van der Waals surface area contributed by atoms with Crippen molar-refractivity contribution >= 4 is 52.4 Å². The van der Waals surface area contributed by atoms with Crippen LogP contribution in [0.5, 0.6) is 0 Å². The Bertz CT molecular complexity index is 1330. The molecule has 0 aliphatic carbocycles. The van der Waals surface area contributed by atoms with Crippen LogP contribution in [0.3, 0.4) is 0 Å². The predicted molar refractivity (Wildman–Crippen MR) is 144 cm³/mol. The minimum Gasteiger partial charge on any atom is -0.310 e. The zero-order valence-corrected chi connectivity index (χ0v) is 21.0. The lowest BCUT2D eigenvalue weighted by atomic mass is 9.80. The fraction of sp³-hybridized carbons (Fsp3) is 0.107. The van der Waals surface area contributed by atoms with Gasteiger partial charge in [0.2, 0.25) is 11.8 Å². The molecule has 0 aliphatic heterocycles. The summed E-state index contributed by atoms with van der Waals surface area (Å²) in [6.07, 6.45) is 2.87. The van der Waals surface area contributed by atoms with Gasteiger partial charge in [-0.3, -0.25) is 14.4 Å². The molecule has 2 heterocycles. The first kappa shape index (κ1) is 26.0. The number of hydrogen-bond donors (Lipinski definition) is 2. The van der Waals surface area contributed by atoms with Crippen molar-refractivity contribution in [3.8, 4) is 0 Å². The van der Waals surface area contributed by atoms with E-state index in [4.69, 9.17) is 23.2 Å². The first-order valence-corrected chi connectivity index (χ1v) is 12.1. The van der Waals surface area contributed by atoms with Crippen molar-refractivity contribution in [2.45, 2.75) is 12.3 Å². The number of carbonyl (C=O) groups is 3. The quantitative estimate of drug-likeness (QED) is 0.202. The van der Waals surface area contributed by atoms with Gasteiger partial charge in [0, 0.05) is 40.3 Å². The Hall–Kier alpha value is -4.07. The summed E-state index contributed by atoms with van der Waals surface area (Å²) in [7, 11) is 0. The molecule has 2 amide bonds. The SMILES string of the molecule is O=C(CC(c1ccc(Cl)cc1Cl)C(C(=O)Nc1ccccn1)C(=O)Nc1ccccn1)c1ccccc1. The summed E-state index contributed by atoms with van der Waals surface area (Å²) in [5, 5.41) is 6.00. The van der Waals surface area contributed by atoms with Crippen LogP contribution in [0.15, 0.2) is 97.3 Å². The number of Topliss-reactive ketones (excluding diaryl/α,β-unsaturated/α-hetero) is 1. The van der Waals surface area contributed by atoms with Gasteiger partial charge in [-0.1, -0.05) is 71.7 Å². The Kier molecular flexibility index (Phi) is 8.61. The highest BCUT2D eigenvalue weighted by molar-refractivity contribution is 6.35. The fourth-order valence-corrected chi connectivity index (χ4v) is 4.47. The summed E-state index contributed by atoms with van der Waals surface area (Å²) in [6, 6.07) is 23.4. The maximum atomic E-state index is 13.6. The van der Waals surface area contributed by atoms with Crippen LogP contribution < -0.4 is 10.6 Å². The van der Waals surface area contributed by atoms with Crippen molar-refractivity contribution in [1.82, 2.24) is 9.97 Å². The Balaban J connectivity index is 1.77. The maximum absolute atomic E-state index is 13.6. The molecule has 0 bridgehead atoms. The van der Waals surface area contributed by atoms with E-state index in [9.17, 15) is 14.4 Å². The molecular formula is C28H22Cl2N4O3. The number of halogens is 2. The Morgan fingerprint density at radius 1 is 0.730 bits per heavy atom. The second-order valence-corrected chi connectivity index (χ2v) is 9.00. The van der Waals surface area contributed by atoms with Crippen molar-refractivity contribution in [3.63, 3.8) is 0 Å². The number of amides is 2. The molecule has 0 saturated carbocycles. The second-order valence-electron chi connectivity index (χ2n) is 8.15. The monoisotopic (exact) mass is 532 g/mol. The normalized spacial score (nSPS) is 11.5. The second kappa shape index (κ2) is 12.3. The minimum absolute atomic E-state index is 0.165. The number of aromatic nitrogens is 2. The van der Waals surface area contributed by atoms with Gasteiger partial charge in [0.25, 0.3) is 0 Å². The van der Waals surface area contributed by atoms with Gasteiger partial charge < -0.3 is 10.6 Å². The summed E-state index contributed by atoms with van der Waals surface area (Å²) in [5.41, 5.74) is 0.888. The molecule has 9 heteroatoms. The molecule has 2 aromatic heterocycles. The molecule has 0 spiro atoms. The number of anilines is 2. The van der Waals surface area contributed by atoms with Crippen LogP contribution >= 0.6 is 23.2 Å². The molecule has 0 aliphatic rings. The highest BCUT2D eigenvalue weighted by Crippen LogP contribution is 2.37. The molecular weight excluding hydrogens is 511 g/mol. The van der Waals surface area contributed by atoms with Gasteiger partial charge in [-0.05, 0) is 42.0 Å². The van der Waals surface area contributed by atoms with Crippen LogP contribution in [-0.2, 0) is 9.59 Å². The topological polar surface area (TPSA) is 101 Å². The van der Waals surface area contributed by atoms with Gasteiger partial charge >= 0.3 is 0 Å². The highest BCUT2D eigenvalue weighted by Gasteiger charge is 2.38. The van der Waals surface area contributed by atoms with E-state index in [1.165, 1.54) is 18.5 Å². The van der Waals surface area contributed by atoms with Crippen LogP contribution in [-0.4, -0.2) is 27.6 Å². The van der Waals surface area contributed by atoms with E-state index in [-0.39, 0.29) is 28.9 Å². The van der Waals surface area contributed by atoms with E-state index in [0.717, 1.165) is 0 Å². The molecule has 0 fully saturated rings. The molecule has 0 saturated heterocycles. The van der Waals surface area contributed by atoms with Crippen molar-refractivity contribution in [2.75, 3.05) is 10.6 Å². The van der Waals surface area contributed by atoms with E-state index in [1.54, 1.807) is 78.9 Å². The molecule has 1 unspecified atom stereocenters. The molecule has 186 valence electrons. The van der Waals surface area contributed by atoms with E-state index < -0.39 is 23.7 Å². The third-order valence-electron chi connectivity index (χ3n) is 5.66. The lowest BCUT2D eigenvalue weighted by Crippen LogP contribution is -2.39. The van der Waals surface area contributed by atoms with E-state index in [1.807, 2.05) is 0 Å².